The van der Waals surface area contributed by atoms with Crippen molar-refractivity contribution in [3.63, 3.8) is 0 Å². The predicted molar refractivity (Wildman–Crippen MR) is 85.8 cm³/mol. The Kier molecular flexibility index (Phi) is 4.80. The van der Waals surface area contributed by atoms with Crippen LogP contribution in [0.25, 0.3) is 0 Å². The lowest BCUT2D eigenvalue weighted by molar-refractivity contribution is -0.101. The van der Waals surface area contributed by atoms with Crippen LogP contribution in [0.3, 0.4) is 0 Å². The maximum atomic E-state index is 2.61. The molecule has 0 amide bonds. The fourth-order valence-electron chi connectivity index (χ4n) is 3.30. The van der Waals surface area contributed by atoms with Gasteiger partial charge in [0.05, 0.1) is 0 Å². The summed E-state index contributed by atoms with van der Waals surface area (Å²) in [6.07, 6.45) is 0. The molecule has 0 radical (unpaired) electrons. The largest absolute Gasteiger partial charge is 0.296 e. The highest BCUT2D eigenvalue weighted by Crippen LogP contribution is 2.19. The highest BCUT2D eigenvalue weighted by molar-refractivity contribution is 4.84. The summed E-state index contributed by atoms with van der Waals surface area (Å²) in [5.41, 5.74) is 0.633. The number of piperazine rings is 2. The smallest absolute Gasteiger partial charge is 0.0262 e. The summed E-state index contributed by atoms with van der Waals surface area (Å²) in [5, 5.41) is 5.17. The van der Waals surface area contributed by atoms with Gasteiger partial charge < -0.3 is 0 Å². The molecule has 0 unspecified atom stereocenters. The zero-order valence-corrected chi connectivity index (χ0v) is 14.4. The molecule has 118 valence electrons. The van der Waals surface area contributed by atoms with Gasteiger partial charge in [0.15, 0.2) is 0 Å². The molecule has 0 aromatic carbocycles. The second-order valence-corrected chi connectivity index (χ2v) is 8.22. The Morgan fingerprint density at radius 3 is 0.900 bits per heavy atom. The van der Waals surface area contributed by atoms with Gasteiger partial charge in [0.25, 0.3) is 0 Å². The molecular formula is C16H34N4. The summed E-state index contributed by atoms with van der Waals surface area (Å²) in [6, 6.07) is 0. The van der Waals surface area contributed by atoms with Gasteiger partial charge in [0.2, 0.25) is 0 Å². The van der Waals surface area contributed by atoms with Crippen molar-refractivity contribution in [1.82, 2.24) is 19.8 Å². The summed E-state index contributed by atoms with van der Waals surface area (Å²) in [7, 11) is 0. The summed E-state index contributed by atoms with van der Waals surface area (Å²) >= 11 is 0. The van der Waals surface area contributed by atoms with Crippen molar-refractivity contribution >= 4 is 0 Å². The van der Waals surface area contributed by atoms with Gasteiger partial charge in [-0.2, -0.15) is 0 Å². The van der Waals surface area contributed by atoms with Crippen molar-refractivity contribution in [3.8, 4) is 0 Å². The van der Waals surface area contributed by atoms with E-state index in [0.717, 1.165) is 0 Å². The molecule has 4 nitrogen and oxygen atoms in total. The van der Waals surface area contributed by atoms with E-state index in [2.05, 4.69) is 61.4 Å². The Balaban J connectivity index is 1.79. The van der Waals surface area contributed by atoms with Gasteiger partial charge in [-0.05, 0) is 41.5 Å². The Labute approximate surface area is 125 Å². The van der Waals surface area contributed by atoms with E-state index >= 15 is 0 Å². The van der Waals surface area contributed by atoms with E-state index in [4.69, 9.17) is 0 Å². The van der Waals surface area contributed by atoms with Crippen molar-refractivity contribution in [1.29, 1.82) is 0 Å². The van der Waals surface area contributed by atoms with Crippen LogP contribution in [0.4, 0.5) is 0 Å². The van der Waals surface area contributed by atoms with Crippen LogP contribution in [0, 0.1) is 0 Å². The molecule has 4 heteroatoms. The summed E-state index contributed by atoms with van der Waals surface area (Å²) in [4.78, 5) is 5.21. The van der Waals surface area contributed by atoms with E-state index in [1.807, 2.05) is 0 Å². The van der Waals surface area contributed by atoms with Gasteiger partial charge in [0.1, 0.15) is 0 Å². The quantitative estimate of drug-likeness (QED) is 0.726. The third-order valence-electron chi connectivity index (χ3n) is 4.81. The maximum Gasteiger partial charge on any atom is 0.0262 e. The highest BCUT2D eigenvalue weighted by atomic mass is 15.6. The third kappa shape index (κ3) is 3.94. The molecule has 2 aliphatic rings. The minimum atomic E-state index is 0.316. The second kappa shape index (κ2) is 5.91. The molecule has 0 saturated carbocycles. The molecule has 0 bridgehead atoms. The fourth-order valence-corrected chi connectivity index (χ4v) is 3.30. The maximum absolute atomic E-state index is 2.61. The van der Waals surface area contributed by atoms with Gasteiger partial charge in [-0.3, -0.25) is 9.80 Å². The van der Waals surface area contributed by atoms with Crippen molar-refractivity contribution < 1.29 is 0 Å². The molecule has 0 atom stereocenters. The number of hydrogen-bond donors (Lipinski definition) is 0. The normalized spacial score (nSPS) is 26.1. The molecule has 0 aliphatic carbocycles. The van der Waals surface area contributed by atoms with Crippen LogP contribution in [0.1, 0.15) is 41.5 Å². The van der Waals surface area contributed by atoms with Crippen molar-refractivity contribution in [2.24, 2.45) is 0 Å². The zero-order chi connectivity index (χ0) is 15.0. The van der Waals surface area contributed by atoms with Gasteiger partial charge in [-0.1, -0.05) is 0 Å². The number of nitrogens with zero attached hydrogens (tertiary/aromatic N) is 4. The summed E-state index contributed by atoms with van der Waals surface area (Å²) < 4.78 is 0. The average Bonchev–Trinajstić information content (AvgIpc) is 2.37. The Hall–Kier alpha value is -0.160. The van der Waals surface area contributed by atoms with Crippen LogP contribution in [-0.2, 0) is 0 Å². The van der Waals surface area contributed by atoms with Gasteiger partial charge >= 0.3 is 0 Å². The van der Waals surface area contributed by atoms with Crippen molar-refractivity contribution in [2.45, 2.75) is 52.6 Å². The zero-order valence-electron chi connectivity index (χ0n) is 14.4. The first kappa shape index (κ1) is 16.2. The molecule has 2 rings (SSSR count). The Morgan fingerprint density at radius 1 is 0.450 bits per heavy atom. The Morgan fingerprint density at radius 2 is 0.700 bits per heavy atom. The standard InChI is InChI=1S/C16H34N4/c1-15(2,3)17-7-11-19(12-8-17)20-13-9-18(10-14-20)16(4,5)6/h7-14H2,1-6H3. The van der Waals surface area contributed by atoms with E-state index in [9.17, 15) is 0 Å². The number of rotatable bonds is 1. The van der Waals surface area contributed by atoms with Gasteiger partial charge in [-0.15, -0.1) is 0 Å². The molecule has 0 aromatic rings. The predicted octanol–water partition coefficient (Wildman–Crippen LogP) is 1.73. The van der Waals surface area contributed by atoms with Crippen LogP contribution >= 0.6 is 0 Å². The Bertz CT molecular complexity index is 267. The molecule has 2 saturated heterocycles. The minimum absolute atomic E-state index is 0.316. The lowest BCUT2D eigenvalue weighted by Crippen LogP contribution is -2.62. The van der Waals surface area contributed by atoms with E-state index < -0.39 is 0 Å². The molecule has 0 N–H and O–H groups in total. The SMILES string of the molecule is CC(C)(C)N1CCN(N2CCN(C(C)(C)C)CC2)CC1. The van der Waals surface area contributed by atoms with Crippen LogP contribution < -0.4 is 0 Å². The second-order valence-electron chi connectivity index (χ2n) is 8.22. The van der Waals surface area contributed by atoms with Gasteiger partial charge in [-0.25, -0.2) is 10.0 Å². The molecule has 2 aliphatic heterocycles. The lowest BCUT2D eigenvalue weighted by atomic mass is 10.0. The van der Waals surface area contributed by atoms with Gasteiger partial charge in [0, 0.05) is 63.4 Å². The van der Waals surface area contributed by atoms with Crippen LogP contribution in [0.5, 0.6) is 0 Å². The third-order valence-corrected chi connectivity index (χ3v) is 4.81. The molecule has 0 aromatic heterocycles. The van der Waals surface area contributed by atoms with Crippen LogP contribution in [-0.4, -0.2) is 83.3 Å². The first-order chi connectivity index (χ1) is 9.18. The van der Waals surface area contributed by atoms with Crippen molar-refractivity contribution in [2.75, 3.05) is 52.4 Å². The van der Waals surface area contributed by atoms with E-state index in [1.54, 1.807) is 0 Å². The van der Waals surface area contributed by atoms with Crippen molar-refractivity contribution in [3.05, 3.63) is 0 Å². The summed E-state index contributed by atoms with van der Waals surface area (Å²) in [6.45, 7) is 23.5. The molecule has 2 heterocycles. The van der Waals surface area contributed by atoms with E-state index in [0.29, 0.717) is 11.1 Å². The number of hydrazine groups is 1. The molecule has 20 heavy (non-hydrogen) atoms. The first-order valence-electron chi connectivity index (χ1n) is 8.18. The first-order valence-corrected chi connectivity index (χ1v) is 8.18. The minimum Gasteiger partial charge on any atom is -0.296 e. The molecule has 2 fully saturated rings. The average molecular weight is 282 g/mol. The molecular weight excluding hydrogens is 248 g/mol. The monoisotopic (exact) mass is 282 g/mol. The lowest BCUT2D eigenvalue weighted by Gasteiger charge is -2.49. The number of hydrogen-bond acceptors (Lipinski definition) is 4. The van der Waals surface area contributed by atoms with Crippen LogP contribution in [0.2, 0.25) is 0 Å². The topological polar surface area (TPSA) is 13.0 Å². The molecule has 0 spiro atoms. The highest BCUT2D eigenvalue weighted by Gasteiger charge is 2.31. The fraction of sp³-hybridized carbons (Fsp3) is 1.00. The summed E-state index contributed by atoms with van der Waals surface area (Å²) in [5.74, 6) is 0. The van der Waals surface area contributed by atoms with E-state index in [1.165, 1.54) is 52.4 Å². The van der Waals surface area contributed by atoms with Crippen LogP contribution in [0.15, 0.2) is 0 Å². The van der Waals surface area contributed by atoms with E-state index in [-0.39, 0.29) is 0 Å².